The largest absolute Gasteiger partial charge is 0.337 e. The first-order valence-electron chi connectivity index (χ1n) is 11.6. The predicted octanol–water partition coefficient (Wildman–Crippen LogP) is 4.04. The van der Waals surface area contributed by atoms with Gasteiger partial charge in [-0.3, -0.25) is 14.8 Å². The second-order valence-electron chi connectivity index (χ2n) is 9.31. The lowest BCUT2D eigenvalue weighted by Gasteiger charge is -2.33. The van der Waals surface area contributed by atoms with Crippen LogP contribution in [0.25, 0.3) is 0 Å². The fourth-order valence-corrected chi connectivity index (χ4v) is 5.26. The average Bonchev–Trinajstić information content (AvgIpc) is 3.50. The SMILES string of the molecule is CCc1c(C2CCN(C(=O)c3n[nH]c4c3CCN(CC3CC3)C4)CC2)ccc(F)c1F. The monoisotopic (exact) mass is 428 g/mol. The normalized spacial score (nSPS) is 20.2. The Hall–Kier alpha value is -2.28. The first-order chi connectivity index (χ1) is 15.0. The molecular formula is C24H30F2N4O. The van der Waals surface area contributed by atoms with Gasteiger partial charge in [0.1, 0.15) is 0 Å². The number of halogens is 2. The summed E-state index contributed by atoms with van der Waals surface area (Å²) in [6.07, 6.45) is 5.53. The van der Waals surface area contributed by atoms with Crippen molar-refractivity contribution in [1.29, 1.82) is 0 Å². The molecule has 5 rings (SSSR count). The Morgan fingerprint density at radius 2 is 1.94 bits per heavy atom. The number of aromatic amines is 1. The summed E-state index contributed by atoms with van der Waals surface area (Å²) in [7, 11) is 0. The second-order valence-corrected chi connectivity index (χ2v) is 9.31. The minimum absolute atomic E-state index is 0.00686. The molecule has 2 aliphatic heterocycles. The molecule has 31 heavy (non-hydrogen) atoms. The Morgan fingerprint density at radius 3 is 2.65 bits per heavy atom. The molecule has 7 heteroatoms. The molecule has 1 N–H and O–H groups in total. The van der Waals surface area contributed by atoms with E-state index in [0.717, 1.165) is 61.6 Å². The number of benzene rings is 1. The van der Waals surface area contributed by atoms with Crippen LogP contribution in [0.15, 0.2) is 12.1 Å². The van der Waals surface area contributed by atoms with Gasteiger partial charge in [-0.2, -0.15) is 5.10 Å². The number of carbonyl (C=O) groups excluding carboxylic acids is 1. The van der Waals surface area contributed by atoms with Gasteiger partial charge in [-0.05, 0) is 67.6 Å². The number of rotatable bonds is 5. The van der Waals surface area contributed by atoms with Crippen LogP contribution in [0, 0.1) is 17.6 Å². The van der Waals surface area contributed by atoms with Gasteiger partial charge in [0.25, 0.3) is 5.91 Å². The maximum atomic E-state index is 14.2. The summed E-state index contributed by atoms with van der Waals surface area (Å²) in [6, 6.07) is 2.95. The number of fused-ring (bicyclic) bond motifs is 1. The van der Waals surface area contributed by atoms with Gasteiger partial charge < -0.3 is 4.90 Å². The van der Waals surface area contributed by atoms with E-state index in [9.17, 15) is 13.6 Å². The summed E-state index contributed by atoms with van der Waals surface area (Å²) in [4.78, 5) is 17.5. The van der Waals surface area contributed by atoms with E-state index in [1.807, 2.05) is 11.8 Å². The van der Waals surface area contributed by atoms with Crippen LogP contribution in [0.1, 0.15) is 71.4 Å². The first-order valence-corrected chi connectivity index (χ1v) is 11.6. The lowest BCUT2D eigenvalue weighted by molar-refractivity contribution is 0.0705. The molecule has 1 amide bonds. The van der Waals surface area contributed by atoms with E-state index in [2.05, 4.69) is 15.1 Å². The number of aromatic nitrogens is 2. The van der Waals surface area contributed by atoms with Crippen molar-refractivity contribution in [2.75, 3.05) is 26.2 Å². The van der Waals surface area contributed by atoms with Crippen LogP contribution < -0.4 is 0 Å². The molecule has 3 heterocycles. The minimum Gasteiger partial charge on any atom is -0.337 e. The van der Waals surface area contributed by atoms with Crippen LogP contribution in [-0.2, 0) is 19.4 Å². The van der Waals surface area contributed by atoms with Crippen molar-refractivity contribution in [3.63, 3.8) is 0 Å². The number of hydrogen-bond acceptors (Lipinski definition) is 3. The smallest absolute Gasteiger partial charge is 0.274 e. The highest BCUT2D eigenvalue weighted by Gasteiger charge is 2.32. The van der Waals surface area contributed by atoms with Crippen LogP contribution >= 0.6 is 0 Å². The van der Waals surface area contributed by atoms with Crippen molar-refractivity contribution in [3.05, 3.63) is 51.8 Å². The second kappa shape index (κ2) is 8.34. The van der Waals surface area contributed by atoms with Crippen molar-refractivity contribution in [2.24, 2.45) is 5.92 Å². The van der Waals surface area contributed by atoms with Gasteiger partial charge in [-0.25, -0.2) is 8.78 Å². The Bertz CT molecular complexity index is 976. The third-order valence-electron chi connectivity index (χ3n) is 7.24. The molecule has 2 fully saturated rings. The van der Waals surface area contributed by atoms with Crippen molar-refractivity contribution in [2.45, 2.75) is 57.9 Å². The number of nitrogens with one attached hydrogen (secondary N) is 1. The average molecular weight is 429 g/mol. The van der Waals surface area contributed by atoms with Gasteiger partial charge in [0.15, 0.2) is 17.3 Å². The molecule has 0 spiro atoms. The Morgan fingerprint density at radius 1 is 1.16 bits per heavy atom. The summed E-state index contributed by atoms with van der Waals surface area (Å²) >= 11 is 0. The Kier molecular flexibility index (Phi) is 5.54. The molecule has 0 bridgehead atoms. The molecule has 166 valence electrons. The summed E-state index contributed by atoms with van der Waals surface area (Å²) < 4.78 is 27.8. The van der Waals surface area contributed by atoms with Gasteiger partial charge in [0.05, 0.1) is 5.69 Å². The molecule has 1 saturated heterocycles. The number of carbonyl (C=O) groups is 1. The van der Waals surface area contributed by atoms with Crippen molar-refractivity contribution < 1.29 is 13.6 Å². The third kappa shape index (κ3) is 4.00. The molecule has 0 unspecified atom stereocenters. The third-order valence-corrected chi connectivity index (χ3v) is 7.24. The number of hydrogen-bond donors (Lipinski definition) is 1. The standard InChI is InChI=1S/C24H30F2N4O/c1-2-17-18(5-6-20(25)22(17)26)16-7-11-30(12-8-16)24(31)23-19-9-10-29(13-15-3-4-15)14-21(19)27-28-23/h5-6,15-16H,2-4,7-14H2,1H3,(H,27,28). The molecule has 1 saturated carbocycles. The number of H-pyrrole nitrogens is 1. The number of amides is 1. The van der Waals surface area contributed by atoms with E-state index in [4.69, 9.17) is 0 Å². The highest BCUT2D eigenvalue weighted by atomic mass is 19.2. The van der Waals surface area contributed by atoms with Gasteiger partial charge in [0, 0.05) is 38.3 Å². The van der Waals surface area contributed by atoms with Gasteiger partial charge in [-0.1, -0.05) is 13.0 Å². The fourth-order valence-electron chi connectivity index (χ4n) is 5.26. The molecule has 1 aromatic carbocycles. The van der Waals surface area contributed by atoms with E-state index in [1.165, 1.54) is 18.9 Å². The van der Waals surface area contributed by atoms with Crippen molar-refractivity contribution in [3.8, 4) is 0 Å². The minimum atomic E-state index is -0.785. The zero-order valence-corrected chi connectivity index (χ0v) is 18.1. The van der Waals surface area contributed by atoms with E-state index in [0.29, 0.717) is 30.8 Å². The fraction of sp³-hybridized carbons (Fsp3) is 0.583. The van der Waals surface area contributed by atoms with Crippen LogP contribution in [-0.4, -0.2) is 52.1 Å². The number of piperidine rings is 1. The molecular weight excluding hydrogens is 398 g/mol. The van der Waals surface area contributed by atoms with E-state index in [-0.39, 0.29) is 11.8 Å². The molecule has 2 aromatic rings. The number of likely N-dealkylation sites (tertiary alicyclic amines) is 1. The zero-order chi connectivity index (χ0) is 21.5. The van der Waals surface area contributed by atoms with Crippen LogP contribution in [0.5, 0.6) is 0 Å². The quantitative estimate of drug-likeness (QED) is 0.782. The molecule has 0 radical (unpaired) electrons. The van der Waals surface area contributed by atoms with E-state index in [1.54, 1.807) is 6.07 Å². The Balaban J connectivity index is 1.24. The van der Waals surface area contributed by atoms with Crippen molar-refractivity contribution in [1.82, 2.24) is 20.0 Å². The highest BCUT2D eigenvalue weighted by molar-refractivity contribution is 5.94. The maximum absolute atomic E-state index is 14.2. The molecule has 0 atom stereocenters. The highest BCUT2D eigenvalue weighted by Crippen LogP contribution is 2.34. The first kappa shape index (κ1) is 20.6. The Labute approximate surface area is 181 Å². The van der Waals surface area contributed by atoms with Crippen LogP contribution in [0.4, 0.5) is 8.78 Å². The van der Waals surface area contributed by atoms with Crippen LogP contribution in [0.3, 0.4) is 0 Å². The van der Waals surface area contributed by atoms with Gasteiger partial charge in [-0.15, -0.1) is 0 Å². The summed E-state index contributed by atoms with van der Waals surface area (Å²) in [5.74, 6) is -0.509. The predicted molar refractivity (Wildman–Crippen MR) is 114 cm³/mol. The van der Waals surface area contributed by atoms with Crippen molar-refractivity contribution >= 4 is 5.91 Å². The summed E-state index contributed by atoms with van der Waals surface area (Å²) in [6.45, 7) is 6.07. The van der Waals surface area contributed by atoms with E-state index < -0.39 is 11.6 Å². The summed E-state index contributed by atoms with van der Waals surface area (Å²) in [5.41, 5.74) is 4.09. The molecule has 3 aliphatic rings. The lowest BCUT2D eigenvalue weighted by atomic mass is 9.85. The van der Waals surface area contributed by atoms with E-state index >= 15 is 0 Å². The molecule has 5 nitrogen and oxygen atoms in total. The lowest BCUT2D eigenvalue weighted by Crippen LogP contribution is -2.39. The zero-order valence-electron chi connectivity index (χ0n) is 18.1. The molecule has 1 aromatic heterocycles. The molecule has 1 aliphatic carbocycles. The summed E-state index contributed by atoms with van der Waals surface area (Å²) in [5, 5.41) is 7.51. The van der Waals surface area contributed by atoms with Gasteiger partial charge in [0.2, 0.25) is 0 Å². The maximum Gasteiger partial charge on any atom is 0.274 e. The van der Waals surface area contributed by atoms with Gasteiger partial charge >= 0.3 is 0 Å². The number of nitrogens with zero attached hydrogens (tertiary/aromatic N) is 3. The van der Waals surface area contributed by atoms with Crippen LogP contribution in [0.2, 0.25) is 0 Å². The topological polar surface area (TPSA) is 52.2 Å².